The van der Waals surface area contributed by atoms with E-state index in [0.717, 1.165) is 12.1 Å². The second kappa shape index (κ2) is 7.01. The lowest BCUT2D eigenvalue weighted by atomic mass is 10.2. The molecule has 0 aliphatic carbocycles. The van der Waals surface area contributed by atoms with Gasteiger partial charge in [-0.05, 0) is 42.0 Å². The molecule has 26 heavy (non-hydrogen) atoms. The van der Waals surface area contributed by atoms with Crippen LogP contribution in [0.15, 0.2) is 53.2 Å². The number of hydrogen-bond donors (Lipinski definition) is 0. The van der Waals surface area contributed by atoms with Crippen LogP contribution in [-0.2, 0) is 9.53 Å². The third kappa shape index (κ3) is 4.36. The van der Waals surface area contributed by atoms with E-state index in [-0.39, 0.29) is 22.4 Å². The zero-order chi connectivity index (χ0) is 18.9. The van der Waals surface area contributed by atoms with Crippen molar-refractivity contribution in [3.63, 3.8) is 0 Å². The first kappa shape index (κ1) is 18.3. The molecule has 134 valence electrons. The Labute approximate surface area is 155 Å². The predicted octanol–water partition coefficient (Wildman–Crippen LogP) is 5.24. The highest BCUT2D eigenvalue weighted by molar-refractivity contribution is 6.37. The van der Waals surface area contributed by atoms with Gasteiger partial charge in [0.25, 0.3) is 0 Å². The molecule has 1 aliphatic rings. The van der Waals surface area contributed by atoms with Gasteiger partial charge in [-0.1, -0.05) is 35.3 Å². The molecule has 9 heteroatoms. The summed E-state index contributed by atoms with van der Waals surface area (Å²) < 4.78 is 45.3. The second-order valence-electron chi connectivity index (χ2n) is 5.08. The number of esters is 1. The maximum absolute atomic E-state index is 12.2. The lowest BCUT2D eigenvalue weighted by molar-refractivity contribution is -0.274. The van der Waals surface area contributed by atoms with Crippen molar-refractivity contribution < 1.29 is 27.4 Å². The summed E-state index contributed by atoms with van der Waals surface area (Å²) in [7, 11) is 0. The maximum Gasteiger partial charge on any atom is 0.573 e. The van der Waals surface area contributed by atoms with E-state index in [0.29, 0.717) is 16.1 Å². The fourth-order valence-corrected chi connectivity index (χ4v) is 2.60. The number of ether oxygens (including phenoxy) is 2. The van der Waals surface area contributed by atoms with Gasteiger partial charge in [0.15, 0.2) is 5.70 Å². The minimum Gasteiger partial charge on any atom is -0.406 e. The summed E-state index contributed by atoms with van der Waals surface area (Å²) in [5.74, 6) is -1.06. The molecule has 0 aromatic heterocycles. The number of aliphatic imine (C=N–C) groups is 1. The Bertz CT molecular complexity index is 922. The van der Waals surface area contributed by atoms with Gasteiger partial charge in [0, 0.05) is 5.02 Å². The van der Waals surface area contributed by atoms with Crippen LogP contribution in [-0.4, -0.2) is 18.2 Å². The Morgan fingerprint density at radius 2 is 1.77 bits per heavy atom. The predicted molar refractivity (Wildman–Crippen MR) is 90.2 cm³/mol. The molecule has 0 saturated carbocycles. The molecule has 3 rings (SSSR count). The molecule has 0 radical (unpaired) electrons. The third-order valence-corrected chi connectivity index (χ3v) is 3.75. The molecule has 0 unspecified atom stereocenters. The minimum absolute atomic E-state index is 0.0138. The number of hydrogen-bond acceptors (Lipinski definition) is 4. The van der Waals surface area contributed by atoms with Crippen LogP contribution in [0.4, 0.5) is 13.2 Å². The van der Waals surface area contributed by atoms with E-state index in [1.165, 1.54) is 24.3 Å². The van der Waals surface area contributed by atoms with Crippen LogP contribution in [0, 0.1) is 0 Å². The molecule has 0 amide bonds. The van der Waals surface area contributed by atoms with Crippen molar-refractivity contribution in [1.29, 1.82) is 0 Å². The highest BCUT2D eigenvalue weighted by Gasteiger charge is 2.31. The first-order valence-corrected chi connectivity index (χ1v) is 7.81. The van der Waals surface area contributed by atoms with Crippen molar-refractivity contribution in [1.82, 2.24) is 0 Å². The van der Waals surface area contributed by atoms with Gasteiger partial charge in [-0.15, -0.1) is 13.2 Å². The van der Waals surface area contributed by atoms with Gasteiger partial charge < -0.3 is 9.47 Å². The highest BCUT2D eigenvalue weighted by atomic mass is 35.5. The Hall–Kier alpha value is -2.51. The van der Waals surface area contributed by atoms with Crippen LogP contribution in [0.25, 0.3) is 6.08 Å². The Morgan fingerprint density at radius 3 is 2.38 bits per heavy atom. The van der Waals surface area contributed by atoms with Gasteiger partial charge in [-0.25, -0.2) is 9.79 Å². The molecular formula is C17H8Cl2F3NO3. The molecule has 1 heterocycles. The van der Waals surface area contributed by atoms with Crippen LogP contribution >= 0.6 is 23.2 Å². The Kier molecular flexibility index (Phi) is 4.93. The van der Waals surface area contributed by atoms with E-state index in [1.54, 1.807) is 12.1 Å². The van der Waals surface area contributed by atoms with Gasteiger partial charge in [0.05, 0.1) is 10.6 Å². The molecular weight excluding hydrogens is 394 g/mol. The number of halogens is 5. The molecule has 1 aliphatic heterocycles. The van der Waals surface area contributed by atoms with E-state index >= 15 is 0 Å². The first-order valence-electron chi connectivity index (χ1n) is 7.05. The standard InChI is InChI=1S/C17H8Cl2F3NO3/c18-10-3-6-12(13(19)8-10)15-23-14(16(24)25-15)7-9-1-4-11(5-2-9)26-17(20,21)22/h1-8H/b14-7-. The minimum atomic E-state index is -4.77. The highest BCUT2D eigenvalue weighted by Crippen LogP contribution is 2.27. The quantitative estimate of drug-likeness (QED) is 0.522. The van der Waals surface area contributed by atoms with E-state index in [1.807, 2.05) is 0 Å². The van der Waals surface area contributed by atoms with E-state index < -0.39 is 12.3 Å². The van der Waals surface area contributed by atoms with Gasteiger partial charge in [-0.2, -0.15) is 0 Å². The number of cyclic esters (lactones) is 1. The number of nitrogens with zero attached hydrogens (tertiary/aromatic N) is 1. The second-order valence-corrected chi connectivity index (χ2v) is 5.92. The van der Waals surface area contributed by atoms with Crippen LogP contribution < -0.4 is 4.74 Å². The van der Waals surface area contributed by atoms with Gasteiger partial charge in [-0.3, -0.25) is 0 Å². The van der Waals surface area contributed by atoms with E-state index in [4.69, 9.17) is 27.9 Å². The zero-order valence-corrected chi connectivity index (χ0v) is 14.2. The molecule has 0 atom stereocenters. The van der Waals surface area contributed by atoms with Crippen molar-refractivity contribution in [3.8, 4) is 5.75 Å². The number of carbonyl (C=O) groups is 1. The topological polar surface area (TPSA) is 47.9 Å². The SMILES string of the molecule is O=C1OC(c2ccc(Cl)cc2Cl)=N/C1=C\c1ccc(OC(F)(F)F)cc1. The van der Waals surface area contributed by atoms with E-state index in [9.17, 15) is 18.0 Å². The average Bonchev–Trinajstić information content (AvgIpc) is 2.88. The summed E-state index contributed by atoms with van der Waals surface area (Å²) in [6, 6.07) is 9.56. The Balaban J connectivity index is 1.84. The summed E-state index contributed by atoms with van der Waals surface area (Å²) in [6.07, 6.45) is -3.40. The van der Waals surface area contributed by atoms with Crippen molar-refractivity contribution >= 4 is 41.1 Å². The van der Waals surface area contributed by atoms with Crippen LogP contribution in [0.5, 0.6) is 5.75 Å². The largest absolute Gasteiger partial charge is 0.573 e. The fraction of sp³-hybridized carbons (Fsp3) is 0.0588. The van der Waals surface area contributed by atoms with E-state index in [2.05, 4.69) is 9.73 Å². The summed E-state index contributed by atoms with van der Waals surface area (Å²) in [6.45, 7) is 0. The molecule has 0 spiro atoms. The van der Waals surface area contributed by atoms with Gasteiger partial charge >= 0.3 is 12.3 Å². The van der Waals surface area contributed by atoms with Crippen molar-refractivity contribution in [3.05, 3.63) is 69.3 Å². The molecule has 2 aromatic carbocycles. The summed E-state index contributed by atoms with van der Waals surface area (Å²) >= 11 is 11.9. The molecule has 0 N–H and O–H groups in total. The summed E-state index contributed by atoms with van der Waals surface area (Å²) in [5.41, 5.74) is 0.816. The summed E-state index contributed by atoms with van der Waals surface area (Å²) in [4.78, 5) is 16.0. The normalized spacial score (nSPS) is 15.8. The average molecular weight is 402 g/mol. The molecule has 0 bridgehead atoms. The Morgan fingerprint density at radius 1 is 1.08 bits per heavy atom. The summed E-state index contributed by atoms with van der Waals surface area (Å²) in [5, 5.41) is 0.680. The molecule has 2 aromatic rings. The fourth-order valence-electron chi connectivity index (χ4n) is 2.11. The van der Waals surface area contributed by atoms with Crippen molar-refractivity contribution in [2.24, 2.45) is 4.99 Å². The molecule has 4 nitrogen and oxygen atoms in total. The van der Waals surface area contributed by atoms with Gasteiger partial charge in [0.1, 0.15) is 5.75 Å². The van der Waals surface area contributed by atoms with Crippen LogP contribution in [0.1, 0.15) is 11.1 Å². The monoisotopic (exact) mass is 401 g/mol. The van der Waals surface area contributed by atoms with Crippen LogP contribution in [0.3, 0.4) is 0 Å². The zero-order valence-electron chi connectivity index (χ0n) is 12.7. The van der Waals surface area contributed by atoms with Crippen molar-refractivity contribution in [2.75, 3.05) is 0 Å². The number of carbonyl (C=O) groups excluding carboxylic acids is 1. The lowest BCUT2D eigenvalue weighted by Crippen LogP contribution is -2.16. The van der Waals surface area contributed by atoms with Crippen LogP contribution in [0.2, 0.25) is 10.0 Å². The number of rotatable bonds is 3. The van der Waals surface area contributed by atoms with Gasteiger partial charge in [0.2, 0.25) is 5.90 Å². The number of benzene rings is 2. The molecule has 0 fully saturated rings. The first-order chi connectivity index (χ1) is 12.2. The van der Waals surface area contributed by atoms with Crippen molar-refractivity contribution in [2.45, 2.75) is 6.36 Å². The molecule has 0 saturated heterocycles. The smallest absolute Gasteiger partial charge is 0.406 e. The lowest BCUT2D eigenvalue weighted by Gasteiger charge is -2.08. The maximum atomic E-state index is 12.2. The third-order valence-electron chi connectivity index (χ3n) is 3.20. The number of alkyl halides is 3.